The van der Waals surface area contributed by atoms with Crippen LogP contribution in [0.2, 0.25) is 0 Å². The first-order valence-electron chi connectivity index (χ1n) is 12.2. The number of ether oxygens (including phenoxy) is 4. The van der Waals surface area contributed by atoms with Crippen molar-refractivity contribution in [1.82, 2.24) is 9.80 Å². The van der Waals surface area contributed by atoms with Crippen molar-refractivity contribution < 1.29 is 43.2 Å². The molecule has 11 nitrogen and oxygen atoms in total. The molecule has 0 unspecified atom stereocenters. The number of carbonyl (C=O) groups is 4. The average Bonchev–Trinajstić information content (AvgIpc) is 3.13. The summed E-state index contributed by atoms with van der Waals surface area (Å²) in [5.41, 5.74) is -3.72. The summed E-state index contributed by atoms with van der Waals surface area (Å²) in [5.74, 6) is -2.77. The summed E-state index contributed by atoms with van der Waals surface area (Å²) in [7, 11) is 0. The molecular weight excluding hydrogens is 472 g/mol. The third-order valence-electron chi connectivity index (χ3n) is 5.53. The van der Waals surface area contributed by atoms with Gasteiger partial charge in [-0.25, -0.2) is 19.3 Å². The van der Waals surface area contributed by atoms with E-state index in [0.717, 1.165) is 0 Å². The minimum atomic E-state index is -1.45. The van der Waals surface area contributed by atoms with Crippen molar-refractivity contribution in [1.29, 1.82) is 0 Å². The van der Waals surface area contributed by atoms with Gasteiger partial charge in [0.2, 0.25) is 5.91 Å². The van der Waals surface area contributed by atoms with Crippen molar-refractivity contribution in [3.63, 3.8) is 0 Å². The maximum Gasteiger partial charge on any atom is 0.417 e. The van der Waals surface area contributed by atoms with Crippen molar-refractivity contribution in [3.05, 3.63) is 0 Å². The van der Waals surface area contributed by atoms with Crippen LogP contribution in [0.5, 0.6) is 0 Å². The molecule has 2 heterocycles. The second-order valence-electron chi connectivity index (χ2n) is 12.7. The molecule has 2 aliphatic rings. The highest BCUT2D eigenvalue weighted by Crippen LogP contribution is 2.37. The molecular formula is C25H42N2O9. The fraction of sp³-hybridized carbons (Fsp3) is 0.840. The van der Waals surface area contributed by atoms with Crippen LogP contribution in [0, 0.1) is 5.92 Å². The van der Waals surface area contributed by atoms with E-state index in [2.05, 4.69) is 0 Å². The zero-order valence-corrected chi connectivity index (χ0v) is 23.3. The van der Waals surface area contributed by atoms with Gasteiger partial charge in [-0.15, -0.1) is 0 Å². The first-order valence-corrected chi connectivity index (χ1v) is 12.2. The molecule has 0 radical (unpaired) electrons. The van der Waals surface area contributed by atoms with E-state index in [9.17, 15) is 24.3 Å². The molecule has 4 atom stereocenters. The molecule has 2 saturated heterocycles. The Kier molecular flexibility index (Phi) is 8.13. The number of rotatable bonds is 3. The SMILES string of the molecule is CC(C)(C)OC(=O)[C@@H]1C[C@@H]([C@@H](O)[C@H]2COC(C)(C)N2C(=O)OC(C)(C)C)C(=O)N1C(=O)OC(C)(C)C. The smallest absolute Gasteiger partial charge is 0.417 e. The fourth-order valence-electron chi connectivity index (χ4n) is 4.18. The lowest BCUT2D eigenvalue weighted by atomic mass is 9.92. The molecule has 0 aromatic heterocycles. The number of hydrogen-bond donors (Lipinski definition) is 1. The van der Waals surface area contributed by atoms with Crippen LogP contribution < -0.4 is 0 Å². The third kappa shape index (κ3) is 7.09. The van der Waals surface area contributed by atoms with Crippen LogP contribution in [0.1, 0.15) is 82.6 Å². The number of nitrogens with zero attached hydrogens (tertiary/aromatic N) is 2. The largest absolute Gasteiger partial charge is 0.458 e. The van der Waals surface area contributed by atoms with Gasteiger partial charge in [0.1, 0.15) is 28.6 Å². The molecule has 206 valence electrons. The summed E-state index contributed by atoms with van der Waals surface area (Å²) in [4.78, 5) is 54.4. The second kappa shape index (κ2) is 9.81. The quantitative estimate of drug-likeness (QED) is 0.445. The van der Waals surface area contributed by atoms with E-state index >= 15 is 0 Å². The Bertz CT molecular complexity index is 879. The first-order chi connectivity index (χ1) is 16.0. The van der Waals surface area contributed by atoms with Gasteiger partial charge in [0.05, 0.1) is 24.7 Å². The fourth-order valence-corrected chi connectivity index (χ4v) is 4.18. The monoisotopic (exact) mass is 514 g/mol. The highest BCUT2D eigenvalue weighted by atomic mass is 16.6. The van der Waals surface area contributed by atoms with Crippen LogP contribution in [0.3, 0.4) is 0 Å². The number of likely N-dealkylation sites (tertiary alicyclic amines) is 1. The molecule has 0 aromatic carbocycles. The van der Waals surface area contributed by atoms with Crippen LogP contribution in [-0.4, -0.2) is 86.3 Å². The van der Waals surface area contributed by atoms with E-state index in [1.54, 1.807) is 76.2 Å². The first kappa shape index (κ1) is 29.8. The minimum Gasteiger partial charge on any atom is -0.458 e. The zero-order chi connectivity index (χ0) is 28.0. The van der Waals surface area contributed by atoms with Gasteiger partial charge in [-0.1, -0.05) is 0 Å². The van der Waals surface area contributed by atoms with Crippen LogP contribution >= 0.6 is 0 Å². The second-order valence-corrected chi connectivity index (χ2v) is 12.7. The van der Waals surface area contributed by atoms with Gasteiger partial charge in [0.15, 0.2) is 0 Å². The van der Waals surface area contributed by atoms with Crippen molar-refractivity contribution >= 4 is 24.1 Å². The summed E-state index contributed by atoms with van der Waals surface area (Å²) in [6, 6.07) is -2.25. The van der Waals surface area contributed by atoms with Crippen molar-refractivity contribution in [2.24, 2.45) is 5.92 Å². The summed E-state index contributed by atoms with van der Waals surface area (Å²) < 4.78 is 22.1. The van der Waals surface area contributed by atoms with Gasteiger partial charge in [0, 0.05) is 0 Å². The van der Waals surface area contributed by atoms with Crippen molar-refractivity contribution in [2.75, 3.05) is 6.61 Å². The number of amides is 3. The molecule has 0 aliphatic carbocycles. The van der Waals surface area contributed by atoms with Gasteiger partial charge in [-0.2, -0.15) is 0 Å². The molecule has 1 N–H and O–H groups in total. The lowest BCUT2D eigenvalue weighted by Gasteiger charge is -2.37. The predicted molar refractivity (Wildman–Crippen MR) is 129 cm³/mol. The number of hydrogen-bond acceptors (Lipinski definition) is 9. The average molecular weight is 515 g/mol. The minimum absolute atomic E-state index is 0.0687. The van der Waals surface area contributed by atoms with Crippen molar-refractivity contribution in [3.8, 4) is 0 Å². The summed E-state index contributed by atoms with van der Waals surface area (Å²) in [6.45, 7) is 18.3. The Morgan fingerprint density at radius 2 is 1.39 bits per heavy atom. The van der Waals surface area contributed by atoms with E-state index < -0.39 is 70.7 Å². The molecule has 0 aromatic rings. The molecule has 3 amide bonds. The Balaban J connectivity index is 2.39. The highest BCUT2D eigenvalue weighted by Gasteiger charge is 2.57. The van der Waals surface area contributed by atoms with Gasteiger partial charge in [-0.3, -0.25) is 9.69 Å². The van der Waals surface area contributed by atoms with Crippen LogP contribution in [-0.2, 0) is 28.5 Å². The number of imide groups is 1. The molecule has 2 rings (SSSR count). The van der Waals surface area contributed by atoms with E-state index in [0.29, 0.717) is 4.90 Å². The van der Waals surface area contributed by atoms with Gasteiger partial charge < -0.3 is 24.1 Å². The molecule has 11 heteroatoms. The van der Waals surface area contributed by atoms with Gasteiger partial charge in [-0.05, 0) is 82.6 Å². The molecule has 2 fully saturated rings. The maximum absolute atomic E-state index is 13.5. The summed E-state index contributed by atoms with van der Waals surface area (Å²) >= 11 is 0. The molecule has 36 heavy (non-hydrogen) atoms. The number of esters is 1. The topological polar surface area (TPSA) is 132 Å². The lowest BCUT2D eigenvalue weighted by molar-refractivity contribution is -0.161. The molecule has 2 aliphatic heterocycles. The van der Waals surface area contributed by atoms with Crippen molar-refractivity contribution in [2.45, 2.75) is 123 Å². The third-order valence-corrected chi connectivity index (χ3v) is 5.53. The molecule has 0 bridgehead atoms. The normalized spacial score (nSPS) is 25.6. The van der Waals surface area contributed by atoms with E-state index in [1.807, 2.05) is 0 Å². The van der Waals surface area contributed by atoms with Gasteiger partial charge >= 0.3 is 18.2 Å². The summed E-state index contributed by atoms with van der Waals surface area (Å²) in [5, 5.41) is 11.4. The van der Waals surface area contributed by atoms with Crippen LogP contribution in [0.15, 0.2) is 0 Å². The maximum atomic E-state index is 13.5. The Hall–Kier alpha value is -2.40. The number of aliphatic hydroxyl groups is 1. The number of aliphatic hydroxyl groups excluding tert-OH is 1. The Labute approximate surface area is 213 Å². The predicted octanol–water partition coefficient (Wildman–Crippen LogP) is 3.21. The number of carbonyl (C=O) groups excluding carboxylic acids is 4. The van der Waals surface area contributed by atoms with Gasteiger partial charge in [0.25, 0.3) is 0 Å². The Morgan fingerprint density at radius 3 is 1.86 bits per heavy atom. The standard InChI is InChI=1S/C25H42N2O9/c1-22(2,3)34-19(30)15-12-14(18(29)26(15)20(31)35-23(4,5)6)17(28)16-13-33-25(10,11)27(16)21(32)36-24(7,8)9/h14-17,28H,12-13H2,1-11H3/t14-,15-,16+,17+/m0/s1. The van der Waals surface area contributed by atoms with Crippen LogP contribution in [0.4, 0.5) is 9.59 Å². The van der Waals surface area contributed by atoms with E-state index in [4.69, 9.17) is 18.9 Å². The zero-order valence-electron chi connectivity index (χ0n) is 23.3. The Morgan fingerprint density at radius 1 is 0.917 bits per heavy atom. The highest BCUT2D eigenvalue weighted by molar-refractivity contribution is 6.01. The van der Waals surface area contributed by atoms with E-state index in [1.165, 1.54) is 4.90 Å². The molecule has 0 spiro atoms. The van der Waals surface area contributed by atoms with Crippen LogP contribution in [0.25, 0.3) is 0 Å². The van der Waals surface area contributed by atoms with E-state index in [-0.39, 0.29) is 13.0 Å². The lowest BCUT2D eigenvalue weighted by Crippen LogP contribution is -2.55. The molecule has 0 saturated carbocycles. The summed E-state index contributed by atoms with van der Waals surface area (Å²) in [6.07, 6.45) is -3.38.